The fraction of sp³-hybridized carbons (Fsp3) is 0.417. The number of H-pyrrole nitrogens is 1. The SMILES string of the molecule is COC(=O)c1c(C)[nH]c(C(=O)[C@@H](C)Sc2nc3ccccc3c(=O)n2C[C@@H]2CCCO2)c1C. The molecule has 2 aromatic heterocycles. The Morgan fingerprint density at radius 3 is 2.79 bits per heavy atom. The number of para-hydroxylation sites is 1. The maximum absolute atomic E-state index is 13.3. The van der Waals surface area contributed by atoms with Gasteiger partial charge in [0.25, 0.3) is 5.56 Å². The minimum absolute atomic E-state index is 0.0491. The first kappa shape index (κ1) is 23.3. The zero-order chi connectivity index (χ0) is 23.7. The highest BCUT2D eigenvalue weighted by atomic mass is 32.2. The van der Waals surface area contributed by atoms with Gasteiger partial charge in [-0.2, -0.15) is 0 Å². The van der Waals surface area contributed by atoms with Crippen LogP contribution in [0.5, 0.6) is 0 Å². The molecule has 33 heavy (non-hydrogen) atoms. The third kappa shape index (κ3) is 4.47. The first-order chi connectivity index (χ1) is 15.8. The number of hydrogen-bond acceptors (Lipinski definition) is 7. The van der Waals surface area contributed by atoms with E-state index in [9.17, 15) is 14.4 Å². The number of carbonyl (C=O) groups excluding carboxylic acids is 2. The van der Waals surface area contributed by atoms with Crippen LogP contribution < -0.4 is 5.56 Å². The predicted molar refractivity (Wildman–Crippen MR) is 126 cm³/mol. The van der Waals surface area contributed by atoms with Crippen LogP contribution in [0.15, 0.2) is 34.2 Å². The highest BCUT2D eigenvalue weighted by Crippen LogP contribution is 2.28. The van der Waals surface area contributed by atoms with Crippen molar-refractivity contribution in [2.45, 2.75) is 56.7 Å². The zero-order valence-corrected chi connectivity index (χ0v) is 20.0. The summed E-state index contributed by atoms with van der Waals surface area (Å²) >= 11 is 1.23. The Kier molecular flexibility index (Phi) is 6.71. The molecule has 0 radical (unpaired) electrons. The van der Waals surface area contributed by atoms with Crippen LogP contribution in [0.4, 0.5) is 0 Å². The van der Waals surface area contributed by atoms with Gasteiger partial charge in [-0.3, -0.25) is 14.2 Å². The molecule has 174 valence electrons. The first-order valence-corrected chi connectivity index (χ1v) is 11.8. The lowest BCUT2D eigenvalue weighted by molar-refractivity contribution is 0.0599. The highest BCUT2D eigenvalue weighted by Gasteiger charge is 2.28. The van der Waals surface area contributed by atoms with Crippen LogP contribution in [0, 0.1) is 13.8 Å². The van der Waals surface area contributed by atoms with Gasteiger partial charge in [0.05, 0.1) is 47.2 Å². The Hall–Kier alpha value is -2.91. The number of fused-ring (bicyclic) bond motifs is 1. The number of methoxy groups -OCH3 is 1. The smallest absolute Gasteiger partial charge is 0.339 e. The van der Waals surface area contributed by atoms with Crippen LogP contribution in [0.2, 0.25) is 0 Å². The molecular formula is C24H27N3O5S. The maximum Gasteiger partial charge on any atom is 0.339 e. The molecule has 0 unspecified atom stereocenters. The van der Waals surface area contributed by atoms with Crippen molar-refractivity contribution in [1.82, 2.24) is 14.5 Å². The van der Waals surface area contributed by atoms with Gasteiger partial charge in [-0.25, -0.2) is 9.78 Å². The normalized spacial score (nSPS) is 16.8. The van der Waals surface area contributed by atoms with E-state index >= 15 is 0 Å². The molecule has 0 bridgehead atoms. The van der Waals surface area contributed by atoms with E-state index in [1.54, 1.807) is 37.5 Å². The van der Waals surface area contributed by atoms with Crippen LogP contribution in [-0.4, -0.2) is 51.4 Å². The molecule has 1 aliphatic rings. The van der Waals surface area contributed by atoms with Gasteiger partial charge in [0.1, 0.15) is 0 Å². The van der Waals surface area contributed by atoms with Crippen LogP contribution >= 0.6 is 11.8 Å². The third-order valence-electron chi connectivity index (χ3n) is 5.96. The number of ketones is 1. The van der Waals surface area contributed by atoms with E-state index in [-0.39, 0.29) is 17.4 Å². The van der Waals surface area contributed by atoms with E-state index in [1.807, 2.05) is 12.1 Å². The average molecular weight is 470 g/mol. The minimum atomic E-state index is -0.545. The summed E-state index contributed by atoms with van der Waals surface area (Å²) in [7, 11) is 1.31. The summed E-state index contributed by atoms with van der Waals surface area (Å²) in [6.07, 6.45) is 1.80. The standard InChI is InChI=1S/C24H27N3O5S/c1-13-19(23(30)31-4)14(2)25-20(13)21(28)15(3)33-24-26-18-10-6-5-9-17(18)22(29)27(24)12-16-8-7-11-32-16/h5-6,9-10,15-16,25H,7-8,11-12H2,1-4H3/t15-,16+/m1/s1. The van der Waals surface area contributed by atoms with Gasteiger partial charge in [-0.1, -0.05) is 23.9 Å². The fourth-order valence-corrected chi connectivity index (χ4v) is 5.19. The van der Waals surface area contributed by atoms with Crippen LogP contribution in [0.3, 0.4) is 0 Å². The van der Waals surface area contributed by atoms with E-state index < -0.39 is 11.2 Å². The second-order valence-electron chi connectivity index (χ2n) is 8.20. The summed E-state index contributed by atoms with van der Waals surface area (Å²) in [5.41, 5.74) is 2.32. The predicted octanol–water partition coefficient (Wildman–Crippen LogP) is 3.67. The van der Waals surface area contributed by atoms with Crippen molar-refractivity contribution in [2.75, 3.05) is 13.7 Å². The van der Waals surface area contributed by atoms with Crippen LogP contribution in [-0.2, 0) is 16.0 Å². The molecular weight excluding hydrogens is 442 g/mol. The number of hydrogen-bond donors (Lipinski definition) is 1. The molecule has 9 heteroatoms. The molecule has 4 rings (SSSR count). The van der Waals surface area contributed by atoms with Gasteiger partial charge in [0, 0.05) is 12.3 Å². The number of nitrogens with zero attached hydrogens (tertiary/aromatic N) is 2. The minimum Gasteiger partial charge on any atom is -0.465 e. The molecule has 1 fully saturated rings. The quantitative estimate of drug-likeness (QED) is 0.244. The number of esters is 1. The first-order valence-electron chi connectivity index (χ1n) is 10.9. The van der Waals surface area contributed by atoms with Gasteiger partial charge >= 0.3 is 5.97 Å². The summed E-state index contributed by atoms with van der Waals surface area (Å²) in [4.78, 5) is 46.4. The van der Waals surface area contributed by atoms with Gasteiger partial charge in [0.2, 0.25) is 0 Å². The van der Waals surface area contributed by atoms with Gasteiger partial charge in [-0.15, -0.1) is 0 Å². The molecule has 0 aliphatic carbocycles. The summed E-state index contributed by atoms with van der Waals surface area (Å²) in [6, 6.07) is 7.21. The summed E-state index contributed by atoms with van der Waals surface area (Å²) in [5.74, 6) is -0.663. The summed E-state index contributed by atoms with van der Waals surface area (Å²) < 4.78 is 12.2. The van der Waals surface area contributed by atoms with E-state index in [2.05, 4.69) is 4.98 Å². The Labute approximate surface area is 195 Å². The number of aryl methyl sites for hydroxylation is 1. The number of carbonyl (C=O) groups is 2. The van der Waals surface area contributed by atoms with Crippen molar-refractivity contribution in [1.29, 1.82) is 0 Å². The van der Waals surface area contributed by atoms with E-state index in [0.717, 1.165) is 12.8 Å². The van der Waals surface area contributed by atoms with E-state index in [1.165, 1.54) is 18.9 Å². The van der Waals surface area contributed by atoms with Crippen molar-refractivity contribution in [3.8, 4) is 0 Å². The number of ether oxygens (including phenoxy) is 2. The number of Topliss-reactive ketones (excluding diaryl/α,β-unsaturated/α-hetero) is 1. The van der Waals surface area contributed by atoms with Gasteiger partial charge in [-0.05, 0) is 51.3 Å². The van der Waals surface area contributed by atoms with Crippen molar-refractivity contribution in [3.63, 3.8) is 0 Å². The maximum atomic E-state index is 13.3. The Balaban J connectivity index is 1.68. The number of nitrogens with one attached hydrogen (secondary N) is 1. The van der Waals surface area contributed by atoms with E-state index in [0.29, 0.717) is 51.7 Å². The van der Waals surface area contributed by atoms with Crippen molar-refractivity contribution < 1.29 is 19.1 Å². The monoisotopic (exact) mass is 469 g/mol. The molecule has 3 aromatic rings. The number of aromatic amines is 1. The van der Waals surface area contributed by atoms with E-state index in [4.69, 9.17) is 14.5 Å². The fourth-order valence-electron chi connectivity index (χ4n) is 4.21. The second kappa shape index (κ2) is 9.52. The molecule has 1 N–H and O–H groups in total. The van der Waals surface area contributed by atoms with Crippen LogP contribution in [0.25, 0.3) is 10.9 Å². The largest absolute Gasteiger partial charge is 0.465 e. The van der Waals surface area contributed by atoms with Gasteiger partial charge in [0.15, 0.2) is 10.9 Å². The summed E-state index contributed by atoms with van der Waals surface area (Å²) in [6.45, 7) is 6.32. The number of benzene rings is 1. The van der Waals surface area contributed by atoms with Crippen molar-refractivity contribution >= 4 is 34.4 Å². The lowest BCUT2D eigenvalue weighted by Gasteiger charge is -2.18. The lowest BCUT2D eigenvalue weighted by Crippen LogP contribution is -2.29. The molecule has 1 saturated heterocycles. The lowest BCUT2D eigenvalue weighted by atomic mass is 10.1. The highest BCUT2D eigenvalue weighted by molar-refractivity contribution is 8.00. The molecule has 1 aromatic carbocycles. The molecule has 1 aliphatic heterocycles. The second-order valence-corrected chi connectivity index (χ2v) is 9.51. The molecule has 3 heterocycles. The molecule has 0 saturated carbocycles. The van der Waals surface area contributed by atoms with Crippen LogP contribution in [0.1, 0.15) is 51.9 Å². The average Bonchev–Trinajstić information content (AvgIpc) is 3.42. The van der Waals surface area contributed by atoms with Gasteiger partial charge < -0.3 is 14.5 Å². The van der Waals surface area contributed by atoms with Crippen molar-refractivity contribution in [3.05, 3.63) is 57.1 Å². The molecule has 0 spiro atoms. The Morgan fingerprint density at radius 2 is 2.09 bits per heavy atom. The molecule has 2 atom stereocenters. The summed E-state index contributed by atoms with van der Waals surface area (Å²) in [5, 5.41) is 0.470. The molecule has 8 nitrogen and oxygen atoms in total. The van der Waals surface area contributed by atoms with Crippen molar-refractivity contribution in [2.24, 2.45) is 0 Å². The number of rotatable bonds is 7. The Morgan fingerprint density at radius 1 is 1.33 bits per heavy atom. The number of aromatic nitrogens is 3. The topological polar surface area (TPSA) is 103 Å². The Bertz CT molecular complexity index is 1270. The third-order valence-corrected chi connectivity index (χ3v) is 7.05. The number of thioether (sulfide) groups is 1. The zero-order valence-electron chi connectivity index (χ0n) is 19.1. The molecule has 0 amide bonds.